The fourth-order valence-electron chi connectivity index (χ4n) is 1.71. The molecule has 0 saturated heterocycles. The summed E-state index contributed by atoms with van der Waals surface area (Å²) in [5.74, 6) is 5.01. The number of benzene rings is 1. The summed E-state index contributed by atoms with van der Waals surface area (Å²) in [6, 6.07) is 6.76. The van der Waals surface area contributed by atoms with Crippen molar-refractivity contribution in [1.29, 1.82) is 0 Å². The van der Waals surface area contributed by atoms with Gasteiger partial charge in [-0.1, -0.05) is 23.4 Å². The highest BCUT2D eigenvalue weighted by Gasteiger charge is 2.09. The van der Waals surface area contributed by atoms with E-state index in [0.29, 0.717) is 21.8 Å². The third-order valence-corrected chi connectivity index (χ3v) is 2.99. The molecule has 0 aliphatic heterocycles. The van der Waals surface area contributed by atoms with Gasteiger partial charge in [0, 0.05) is 18.0 Å². The fraction of sp³-hybridized carbons (Fsp3) is 0.125. The van der Waals surface area contributed by atoms with Gasteiger partial charge in [0.1, 0.15) is 6.61 Å². The van der Waals surface area contributed by atoms with Crippen LogP contribution in [-0.4, -0.2) is 22.6 Å². The Balaban J connectivity index is 2.24. The average Bonchev–Trinajstić information content (AvgIpc) is 2.48. The van der Waals surface area contributed by atoms with Gasteiger partial charge in [-0.2, -0.15) is 0 Å². The number of hydrogen-bond acceptors (Lipinski definition) is 3. The molecular weight excluding hydrogens is 288 g/mol. The Kier molecular flexibility index (Phi) is 4.94. The Hall–Kier alpha value is -2.35. The number of aliphatic hydroxyl groups is 1. The third-order valence-electron chi connectivity index (χ3n) is 2.66. The predicted octanol–water partition coefficient (Wildman–Crippen LogP) is 2.64. The van der Waals surface area contributed by atoms with Crippen molar-refractivity contribution in [1.82, 2.24) is 4.98 Å². The second-order valence-corrected chi connectivity index (χ2v) is 4.77. The number of rotatable bonds is 2. The largest absolute Gasteiger partial charge is 0.384 e. The van der Waals surface area contributed by atoms with Gasteiger partial charge < -0.3 is 10.4 Å². The van der Waals surface area contributed by atoms with E-state index < -0.39 is 0 Å². The van der Waals surface area contributed by atoms with Crippen LogP contribution in [-0.2, 0) is 0 Å². The predicted molar refractivity (Wildman–Crippen MR) is 82.3 cm³/mol. The molecule has 1 heterocycles. The van der Waals surface area contributed by atoms with Gasteiger partial charge in [0.2, 0.25) is 0 Å². The maximum Gasteiger partial charge on any atom is 0.257 e. The molecule has 0 fully saturated rings. The number of anilines is 1. The van der Waals surface area contributed by atoms with Crippen LogP contribution in [0.2, 0.25) is 5.02 Å². The summed E-state index contributed by atoms with van der Waals surface area (Å²) in [5, 5.41) is 11.8. The van der Waals surface area contributed by atoms with Crippen LogP contribution in [0.1, 0.15) is 21.5 Å². The Morgan fingerprint density at radius 1 is 1.38 bits per heavy atom. The average molecular weight is 301 g/mol. The Bertz CT molecular complexity index is 733. The lowest BCUT2D eigenvalue weighted by Crippen LogP contribution is -2.12. The van der Waals surface area contributed by atoms with Crippen molar-refractivity contribution in [3.8, 4) is 11.8 Å². The number of pyridine rings is 1. The summed E-state index contributed by atoms with van der Waals surface area (Å²) < 4.78 is 0. The van der Waals surface area contributed by atoms with Crippen LogP contribution in [0.15, 0.2) is 36.7 Å². The van der Waals surface area contributed by atoms with E-state index in [0.717, 1.165) is 5.56 Å². The van der Waals surface area contributed by atoms with Crippen molar-refractivity contribution in [2.24, 2.45) is 0 Å². The molecule has 106 valence electrons. The van der Waals surface area contributed by atoms with Crippen LogP contribution >= 0.6 is 11.6 Å². The maximum atomic E-state index is 12.2. The maximum absolute atomic E-state index is 12.2. The first-order valence-corrected chi connectivity index (χ1v) is 6.60. The minimum absolute atomic E-state index is 0.223. The van der Waals surface area contributed by atoms with Gasteiger partial charge in [-0.3, -0.25) is 9.78 Å². The number of carbonyl (C=O) groups is 1. The Morgan fingerprint density at radius 2 is 2.19 bits per heavy atom. The van der Waals surface area contributed by atoms with Gasteiger partial charge >= 0.3 is 0 Å². The van der Waals surface area contributed by atoms with E-state index in [1.807, 2.05) is 6.92 Å². The zero-order valence-corrected chi connectivity index (χ0v) is 12.1. The number of aromatic nitrogens is 1. The van der Waals surface area contributed by atoms with Crippen molar-refractivity contribution in [2.75, 3.05) is 11.9 Å². The lowest BCUT2D eigenvalue weighted by Gasteiger charge is -2.08. The highest BCUT2D eigenvalue weighted by atomic mass is 35.5. The molecule has 1 aromatic heterocycles. The molecule has 0 unspecified atom stereocenters. The molecule has 2 aromatic rings. The molecule has 0 bridgehead atoms. The molecule has 1 aromatic carbocycles. The first kappa shape index (κ1) is 15.0. The second-order valence-electron chi connectivity index (χ2n) is 4.36. The van der Waals surface area contributed by atoms with Crippen molar-refractivity contribution in [3.05, 3.63) is 58.4 Å². The molecule has 0 saturated carbocycles. The molecule has 0 atom stereocenters. The van der Waals surface area contributed by atoms with E-state index in [2.05, 4.69) is 22.1 Å². The van der Waals surface area contributed by atoms with E-state index in [1.54, 1.807) is 30.5 Å². The van der Waals surface area contributed by atoms with Gasteiger partial charge in [-0.05, 0) is 36.8 Å². The van der Waals surface area contributed by atoms with Crippen LogP contribution < -0.4 is 5.32 Å². The van der Waals surface area contributed by atoms with Gasteiger partial charge in [0.25, 0.3) is 5.91 Å². The first-order chi connectivity index (χ1) is 10.1. The van der Waals surface area contributed by atoms with Gasteiger partial charge in [-0.25, -0.2) is 0 Å². The Morgan fingerprint density at radius 3 is 2.90 bits per heavy atom. The standard InChI is InChI=1S/C16H13ClN2O2/c1-11-7-13(10-18-9-11)16(21)19-15-8-12(3-2-6-20)4-5-14(15)17/h4-5,7-10,20H,6H2,1H3,(H,19,21). The first-order valence-electron chi connectivity index (χ1n) is 6.22. The number of hydrogen-bond donors (Lipinski definition) is 2. The van der Waals surface area contributed by atoms with Crippen LogP contribution in [0.25, 0.3) is 0 Å². The summed E-state index contributed by atoms with van der Waals surface area (Å²) in [4.78, 5) is 16.1. The molecule has 0 spiro atoms. The monoisotopic (exact) mass is 300 g/mol. The number of nitrogens with one attached hydrogen (secondary N) is 1. The van der Waals surface area contributed by atoms with Gasteiger partial charge in [0.05, 0.1) is 16.3 Å². The topological polar surface area (TPSA) is 62.2 Å². The summed E-state index contributed by atoms with van der Waals surface area (Å²) in [6.07, 6.45) is 3.17. The number of aryl methyl sites for hydroxylation is 1. The number of aliphatic hydroxyl groups excluding tert-OH is 1. The Labute approximate surface area is 127 Å². The molecule has 4 nitrogen and oxygen atoms in total. The van der Waals surface area contributed by atoms with E-state index in [-0.39, 0.29) is 12.5 Å². The molecule has 2 rings (SSSR count). The zero-order valence-electron chi connectivity index (χ0n) is 11.4. The summed E-state index contributed by atoms with van der Waals surface area (Å²) in [5.41, 5.74) is 2.48. The highest BCUT2D eigenvalue weighted by molar-refractivity contribution is 6.34. The molecule has 0 aliphatic rings. The van der Waals surface area contributed by atoms with Crippen LogP contribution in [0.5, 0.6) is 0 Å². The minimum Gasteiger partial charge on any atom is -0.384 e. The zero-order chi connectivity index (χ0) is 15.2. The lowest BCUT2D eigenvalue weighted by molar-refractivity contribution is 0.102. The molecule has 2 N–H and O–H groups in total. The normalized spacial score (nSPS) is 9.67. The quantitative estimate of drug-likeness (QED) is 0.838. The molecule has 0 radical (unpaired) electrons. The van der Waals surface area contributed by atoms with E-state index in [4.69, 9.17) is 16.7 Å². The number of carbonyl (C=O) groups excluding carboxylic acids is 1. The van der Waals surface area contributed by atoms with Crippen molar-refractivity contribution >= 4 is 23.2 Å². The number of halogens is 1. The van der Waals surface area contributed by atoms with Crippen LogP contribution in [0.3, 0.4) is 0 Å². The third kappa shape index (κ3) is 4.06. The molecule has 5 heteroatoms. The summed E-state index contributed by atoms with van der Waals surface area (Å²) in [7, 11) is 0. The lowest BCUT2D eigenvalue weighted by atomic mass is 10.1. The van der Waals surface area contributed by atoms with Crippen LogP contribution in [0.4, 0.5) is 5.69 Å². The van der Waals surface area contributed by atoms with Crippen molar-refractivity contribution in [3.63, 3.8) is 0 Å². The van der Waals surface area contributed by atoms with E-state index in [9.17, 15) is 4.79 Å². The summed E-state index contributed by atoms with van der Waals surface area (Å²) >= 11 is 6.07. The molecular formula is C16H13ClN2O2. The summed E-state index contributed by atoms with van der Waals surface area (Å²) in [6.45, 7) is 1.64. The fourth-order valence-corrected chi connectivity index (χ4v) is 1.88. The molecule has 21 heavy (non-hydrogen) atoms. The smallest absolute Gasteiger partial charge is 0.257 e. The minimum atomic E-state index is -0.291. The number of nitrogens with zero attached hydrogens (tertiary/aromatic N) is 1. The molecule has 0 aliphatic carbocycles. The van der Waals surface area contributed by atoms with Crippen molar-refractivity contribution < 1.29 is 9.90 Å². The highest BCUT2D eigenvalue weighted by Crippen LogP contribution is 2.23. The SMILES string of the molecule is Cc1cncc(C(=O)Nc2cc(C#CCO)ccc2Cl)c1. The van der Waals surface area contributed by atoms with Gasteiger partial charge in [-0.15, -0.1) is 0 Å². The molecule has 1 amide bonds. The van der Waals surface area contributed by atoms with Crippen molar-refractivity contribution in [2.45, 2.75) is 6.92 Å². The number of amides is 1. The van der Waals surface area contributed by atoms with E-state index in [1.165, 1.54) is 6.20 Å². The van der Waals surface area contributed by atoms with Gasteiger partial charge in [0.15, 0.2) is 0 Å². The van der Waals surface area contributed by atoms with Crippen LogP contribution in [0, 0.1) is 18.8 Å². The second kappa shape index (κ2) is 6.89. The van der Waals surface area contributed by atoms with E-state index >= 15 is 0 Å².